The molecule has 1 aliphatic carbocycles. The van der Waals surface area contributed by atoms with Gasteiger partial charge in [-0.2, -0.15) is 5.10 Å². The lowest BCUT2D eigenvalue weighted by Crippen LogP contribution is -2.40. The Hall–Kier alpha value is -2.71. The van der Waals surface area contributed by atoms with Crippen LogP contribution in [0.2, 0.25) is 0 Å². The molecule has 6 nitrogen and oxygen atoms in total. The molecule has 2 aromatic rings. The highest BCUT2D eigenvalue weighted by molar-refractivity contribution is 5.80. The summed E-state index contributed by atoms with van der Waals surface area (Å²) in [5.41, 5.74) is 1.59. The first-order valence-electron chi connectivity index (χ1n) is 8.53. The van der Waals surface area contributed by atoms with Crippen molar-refractivity contribution in [2.75, 3.05) is 14.1 Å². The van der Waals surface area contributed by atoms with Gasteiger partial charge in [-0.1, -0.05) is 18.2 Å². The first-order valence-corrected chi connectivity index (χ1v) is 8.53. The van der Waals surface area contributed by atoms with E-state index in [1.807, 2.05) is 25.2 Å². The summed E-state index contributed by atoms with van der Waals surface area (Å²) in [6.45, 7) is 0.624. The Bertz CT molecular complexity index is 817. The van der Waals surface area contributed by atoms with E-state index in [4.69, 9.17) is 0 Å². The first kappa shape index (κ1) is 19.1. The first-order chi connectivity index (χ1) is 12.8. The highest BCUT2D eigenvalue weighted by atomic mass is 19.4. The maximum Gasteiger partial charge on any atom is 0.573 e. The minimum absolute atomic E-state index is 0.0121. The number of nitrogens with zero attached hydrogens (tertiary/aromatic N) is 4. The van der Waals surface area contributed by atoms with E-state index in [-0.39, 0.29) is 17.7 Å². The minimum Gasteiger partial charge on any atom is -0.405 e. The Morgan fingerprint density at radius 3 is 2.78 bits per heavy atom. The predicted molar refractivity (Wildman–Crippen MR) is 95.4 cm³/mol. The van der Waals surface area contributed by atoms with Crippen LogP contribution in [-0.2, 0) is 13.6 Å². The number of alkyl halides is 3. The van der Waals surface area contributed by atoms with E-state index in [0.29, 0.717) is 18.1 Å². The largest absolute Gasteiger partial charge is 0.573 e. The summed E-state index contributed by atoms with van der Waals surface area (Å²) in [5.74, 6) is 0.491. The van der Waals surface area contributed by atoms with Crippen LogP contribution in [0.1, 0.15) is 23.5 Å². The summed E-state index contributed by atoms with van der Waals surface area (Å²) in [5, 5.41) is 7.46. The number of aromatic nitrogens is 2. The molecule has 0 bridgehead atoms. The van der Waals surface area contributed by atoms with Crippen LogP contribution in [0.3, 0.4) is 0 Å². The fourth-order valence-corrected chi connectivity index (χ4v) is 3.12. The van der Waals surface area contributed by atoms with E-state index >= 15 is 0 Å². The molecule has 3 rings (SSSR count). The molecule has 146 valence electrons. The summed E-state index contributed by atoms with van der Waals surface area (Å²) in [7, 11) is 5.44. The van der Waals surface area contributed by atoms with E-state index in [1.54, 1.807) is 30.1 Å². The zero-order chi connectivity index (χ0) is 19.6. The SMILES string of the molecule is CN=C(NC1CC1c1ccccc1OC(F)(F)F)N(C)Cc1cnn(C)c1. The van der Waals surface area contributed by atoms with Crippen LogP contribution in [0, 0.1) is 0 Å². The van der Waals surface area contributed by atoms with Crippen molar-refractivity contribution in [1.82, 2.24) is 20.0 Å². The van der Waals surface area contributed by atoms with Crippen LogP contribution in [0.15, 0.2) is 41.7 Å². The molecule has 1 aromatic heterocycles. The molecule has 2 atom stereocenters. The molecular weight excluding hydrogens is 359 g/mol. The second kappa shape index (κ2) is 7.50. The van der Waals surface area contributed by atoms with Crippen LogP contribution in [0.25, 0.3) is 0 Å². The van der Waals surface area contributed by atoms with Gasteiger partial charge in [0, 0.05) is 51.4 Å². The number of benzene rings is 1. The number of para-hydroxylation sites is 1. The Labute approximate surface area is 155 Å². The maximum atomic E-state index is 12.6. The third-order valence-electron chi connectivity index (χ3n) is 4.40. The Morgan fingerprint density at radius 2 is 2.15 bits per heavy atom. The second-order valence-electron chi connectivity index (χ2n) is 6.60. The lowest BCUT2D eigenvalue weighted by molar-refractivity contribution is -0.274. The molecule has 2 unspecified atom stereocenters. The van der Waals surface area contributed by atoms with Gasteiger partial charge in [0.2, 0.25) is 0 Å². The van der Waals surface area contributed by atoms with E-state index < -0.39 is 6.36 Å². The van der Waals surface area contributed by atoms with Crippen molar-refractivity contribution in [2.24, 2.45) is 12.0 Å². The average Bonchev–Trinajstić information content (AvgIpc) is 3.24. The van der Waals surface area contributed by atoms with Crippen LogP contribution in [-0.4, -0.2) is 47.1 Å². The number of nitrogens with one attached hydrogen (secondary N) is 1. The highest BCUT2D eigenvalue weighted by Crippen LogP contribution is 2.45. The van der Waals surface area contributed by atoms with Gasteiger partial charge in [0.05, 0.1) is 6.20 Å². The number of guanidine groups is 1. The zero-order valence-corrected chi connectivity index (χ0v) is 15.4. The van der Waals surface area contributed by atoms with Crippen molar-refractivity contribution in [3.05, 3.63) is 47.8 Å². The summed E-state index contributed by atoms with van der Waals surface area (Å²) >= 11 is 0. The normalized spacial score (nSPS) is 19.7. The van der Waals surface area contributed by atoms with Crippen molar-refractivity contribution in [1.29, 1.82) is 0 Å². The molecular formula is C18H22F3N5O. The molecule has 27 heavy (non-hydrogen) atoms. The molecule has 0 spiro atoms. The Morgan fingerprint density at radius 1 is 1.41 bits per heavy atom. The Balaban J connectivity index is 1.63. The number of hydrogen-bond donors (Lipinski definition) is 1. The number of halogens is 3. The van der Waals surface area contributed by atoms with Crippen molar-refractivity contribution >= 4 is 5.96 Å². The lowest BCUT2D eigenvalue weighted by atomic mass is 10.1. The molecule has 0 radical (unpaired) electrons. The van der Waals surface area contributed by atoms with Gasteiger partial charge in [-0.3, -0.25) is 9.67 Å². The third-order valence-corrected chi connectivity index (χ3v) is 4.40. The quantitative estimate of drug-likeness (QED) is 0.639. The van der Waals surface area contributed by atoms with Crippen molar-refractivity contribution in [3.63, 3.8) is 0 Å². The van der Waals surface area contributed by atoms with Gasteiger partial charge in [0.1, 0.15) is 5.75 Å². The van der Waals surface area contributed by atoms with Crippen LogP contribution < -0.4 is 10.1 Å². The number of ether oxygens (including phenoxy) is 1. The average molecular weight is 381 g/mol. The van der Waals surface area contributed by atoms with Crippen LogP contribution >= 0.6 is 0 Å². The molecule has 1 heterocycles. The fraction of sp³-hybridized carbons (Fsp3) is 0.444. The van der Waals surface area contributed by atoms with Gasteiger partial charge in [-0.05, 0) is 18.1 Å². The number of rotatable bonds is 5. The standard InChI is InChI=1S/C18H22F3N5O/c1-22-17(25(2)10-12-9-23-26(3)11-12)24-15-8-14(15)13-6-4-5-7-16(13)27-18(19,20)21/h4-7,9,11,14-15H,8,10H2,1-3H3,(H,22,24). The molecule has 1 aromatic carbocycles. The number of aryl methyl sites for hydroxylation is 1. The zero-order valence-electron chi connectivity index (χ0n) is 15.4. The summed E-state index contributed by atoms with van der Waals surface area (Å²) in [6, 6.07) is 6.29. The van der Waals surface area contributed by atoms with Crippen molar-refractivity contribution in [2.45, 2.75) is 31.3 Å². The molecule has 1 fully saturated rings. The topological polar surface area (TPSA) is 54.7 Å². The maximum absolute atomic E-state index is 12.6. The number of aliphatic imine (C=N–C) groups is 1. The van der Waals surface area contributed by atoms with Gasteiger partial charge < -0.3 is 15.0 Å². The smallest absolute Gasteiger partial charge is 0.405 e. The van der Waals surface area contributed by atoms with Crippen molar-refractivity contribution < 1.29 is 17.9 Å². The van der Waals surface area contributed by atoms with Gasteiger partial charge in [-0.25, -0.2) is 0 Å². The van der Waals surface area contributed by atoms with Gasteiger partial charge >= 0.3 is 6.36 Å². The summed E-state index contributed by atoms with van der Waals surface area (Å²) < 4.78 is 43.7. The predicted octanol–water partition coefficient (Wildman–Crippen LogP) is 2.88. The third kappa shape index (κ3) is 4.93. The van der Waals surface area contributed by atoms with E-state index in [2.05, 4.69) is 20.1 Å². The molecule has 0 saturated heterocycles. The molecule has 1 N–H and O–H groups in total. The van der Waals surface area contributed by atoms with E-state index in [0.717, 1.165) is 12.0 Å². The monoisotopic (exact) mass is 381 g/mol. The molecule has 9 heteroatoms. The molecule has 1 saturated carbocycles. The summed E-state index contributed by atoms with van der Waals surface area (Å²) in [4.78, 5) is 6.22. The minimum atomic E-state index is -4.70. The van der Waals surface area contributed by atoms with Crippen LogP contribution in [0.4, 0.5) is 13.2 Å². The highest BCUT2D eigenvalue weighted by Gasteiger charge is 2.42. The second-order valence-corrected chi connectivity index (χ2v) is 6.60. The van der Waals surface area contributed by atoms with E-state index in [1.165, 1.54) is 12.1 Å². The molecule has 0 amide bonds. The van der Waals surface area contributed by atoms with E-state index in [9.17, 15) is 13.2 Å². The van der Waals surface area contributed by atoms with Crippen molar-refractivity contribution in [3.8, 4) is 5.75 Å². The molecule has 0 aliphatic heterocycles. The Kier molecular flexibility index (Phi) is 5.29. The van der Waals surface area contributed by atoms with Gasteiger partial charge in [0.15, 0.2) is 5.96 Å². The van der Waals surface area contributed by atoms with Gasteiger partial charge in [-0.15, -0.1) is 13.2 Å². The van der Waals surface area contributed by atoms with Gasteiger partial charge in [0.25, 0.3) is 0 Å². The van der Waals surface area contributed by atoms with Crippen LogP contribution in [0.5, 0.6) is 5.75 Å². The lowest BCUT2D eigenvalue weighted by Gasteiger charge is -2.22. The number of hydrogen-bond acceptors (Lipinski definition) is 3. The molecule has 1 aliphatic rings. The fourth-order valence-electron chi connectivity index (χ4n) is 3.12. The summed E-state index contributed by atoms with van der Waals surface area (Å²) in [6.07, 6.45) is -0.269.